The molecular weight excluding hydrogens is 454 g/mol. The van der Waals surface area contributed by atoms with Crippen LogP contribution >= 0.6 is 0 Å². The van der Waals surface area contributed by atoms with Crippen LogP contribution in [0.1, 0.15) is 29.8 Å². The molecule has 1 aliphatic heterocycles. The summed E-state index contributed by atoms with van der Waals surface area (Å²) < 4.78 is 11.8. The smallest absolute Gasteiger partial charge is 0.259 e. The average Bonchev–Trinajstić information content (AvgIpc) is 2.90. The Morgan fingerprint density at radius 1 is 1.17 bits per heavy atom. The molecule has 1 N–H and O–H groups in total. The van der Waals surface area contributed by atoms with Gasteiger partial charge in [0, 0.05) is 37.3 Å². The number of benzene rings is 2. The number of methoxy groups -OCH3 is 1. The fourth-order valence-electron chi connectivity index (χ4n) is 4.55. The van der Waals surface area contributed by atoms with Gasteiger partial charge in [0.2, 0.25) is 5.88 Å². The van der Waals surface area contributed by atoms with Crippen molar-refractivity contribution < 1.29 is 19.4 Å². The first kappa shape index (κ1) is 25.7. The largest absolute Gasteiger partial charge is 0.497 e. The highest BCUT2D eigenvalue weighted by Gasteiger charge is 2.34. The number of hydrogen-bond acceptors (Lipinski definition) is 6. The van der Waals surface area contributed by atoms with Crippen LogP contribution in [0.25, 0.3) is 11.1 Å². The molecule has 1 aromatic heterocycles. The first-order valence-electron chi connectivity index (χ1n) is 12.3. The van der Waals surface area contributed by atoms with Crippen LogP contribution in [0.5, 0.6) is 11.6 Å². The van der Waals surface area contributed by atoms with E-state index in [0.717, 1.165) is 23.4 Å². The molecule has 7 heteroatoms. The van der Waals surface area contributed by atoms with E-state index in [2.05, 4.69) is 36.0 Å². The van der Waals surface area contributed by atoms with Gasteiger partial charge in [0.1, 0.15) is 17.4 Å². The Labute approximate surface area is 213 Å². The van der Waals surface area contributed by atoms with Crippen LogP contribution in [0, 0.1) is 5.92 Å². The van der Waals surface area contributed by atoms with E-state index >= 15 is 0 Å². The maximum absolute atomic E-state index is 13.7. The van der Waals surface area contributed by atoms with Crippen molar-refractivity contribution in [1.29, 1.82) is 0 Å². The minimum Gasteiger partial charge on any atom is -0.497 e. The number of aliphatic hydroxyl groups is 1. The third-order valence-corrected chi connectivity index (χ3v) is 6.71. The zero-order valence-electron chi connectivity index (χ0n) is 21.4. The minimum absolute atomic E-state index is 0.0363. The third-order valence-electron chi connectivity index (χ3n) is 6.71. The SMILES string of the molecule is COc1cccc(-c2cnc3c(c2)C(=O)N([C@@H](C)CO)C[C@@H](C)[C@@H](CN(C)Cc2ccccc2)O3)c1. The lowest BCUT2D eigenvalue weighted by Gasteiger charge is -2.37. The van der Waals surface area contributed by atoms with Crippen molar-refractivity contribution in [2.45, 2.75) is 32.5 Å². The van der Waals surface area contributed by atoms with Crippen molar-refractivity contribution in [2.24, 2.45) is 5.92 Å². The van der Waals surface area contributed by atoms with E-state index in [1.165, 1.54) is 5.56 Å². The topological polar surface area (TPSA) is 75.1 Å². The van der Waals surface area contributed by atoms with Crippen LogP contribution in [-0.2, 0) is 6.54 Å². The number of aromatic nitrogens is 1. The number of carbonyl (C=O) groups excluding carboxylic acids is 1. The number of carbonyl (C=O) groups is 1. The van der Waals surface area contributed by atoms with Crippen molar-refractivity contribution in [3.63, 3.8) is 0 Å². The molecule has 1 aliphatic rings. The number of pyridine rings is 1. The standard InChI is InChI=1S/C29H35N3O4/c1-20-16-32(21(2)19-33)29(34)26-14-24(23-11-8-12-25(13-23)35-4)15-30-28(26)36-27(20)18-31(3)17-22-9-6-5-7-10-22/h5-15,20-21,27,33H,16-19H2,1-4H3/t20-,21+,27-/m1/s1. The molecule has 3 aromatic rings. The summed E-state index contributed by atoms with van der Waals surface area (Å²) in [7, 11) is 3.70. The molecule has 1 amide bonds. The number of likely N-dealkylation sites (N-methyl/N-ethyl adjacent to an activating group) is 1. The van der Waals surface area contributed by atoms with Gasteiger partial charge in [-0.1, -0.05) is 49.4 Å². The van der Waals surface area contributed by atoms with E-state index in [0.29, 0.717) is 24.5 Å². The second-order valence-corrected chi connectivity index (χ2v) is 9.61. The summed E-state index contributed by atoms with van der Waals surface area (Å²) in [5.74, 6) is 0.903. The monoisotopic (exact) mass is 489 g/mol. The summed E-state index contributed by atoms with van der Waals surface area (Å²) in [6.07, 6.45) is 1.55. The minimum atomic E-state index is -0.325. The van der Waals surface area contributed by atoms with Gasteiger partial charge < -0.3 is 19.5 Å². The molecule has 0 radical (unpaired) electrons. The second-order valence-electron chi connectivity index (χ2n) is 9.61. The number of amides is 1. The molecule has 0 saturated heterocycles. The summed E-state index contributed by atoms with van der Waals surface area (Å²) >= 11 is 0. The first-order chi connectivity index (χ1) is 17.4. The second kappa shape index (κ2) is 11.5. The van der Waals surface area contributed by atoms with E-state index in [1.54, 1.807) is 18.2 Å². The Balaban J connectivity index is 1.66. The van der Waals surface area contributed by atoms with Crippen molar-refractivity contribution >= 4 is 5.91 Å². The molecule has 0 bridgehead atoms. The van der Waals surface area contributed by atoms with Crippen molar-refractivity contribution in [1.82, 2.24) is 14.8 Å². The third kappa shape index (κ3) is 5.86. The van der Waals surface area contributed by atoms with Gasteiger partial charge in [0.15, 0.2) is 0 Å². The fourth-order valence-corrected chi connectivity index (χ4v) is 4.55. The molecule has 36 heavy (non-hydrogen) atoms. The molecule has 0 unspecified atom stereocenters. The molecule has 0 saturated carbocycles. The van der Waals surface area contributed by atoms with Crippen LogP contribution < -0.4 is 9.47 Å². The normalized spacial score (nSPS) is 18.7. The Morgan fingerprint density at radius 2 is 1.94 bits per heavy atom. The van der Waals surface area contributed by atoms with Crippen LogP contribution in [-0.4, -0.2) is 71.8 Å². The zero-order valence-corrected chi connectivity index (χ0v) is 21.4. The highest BCUT2D eigenvalue weighted by atomic mass is 16.5. The van der Waals surface area contributed by atoms with Gasteiger partial charge in [-0.3, -0.25) is 9.69 Å². The van der Waals surface area contributed by atoms with Gasteiger partial charge in [-0.15, -0.1) is 0 Å². The maximum atomic E-state index is 13.7. The molecule has 190 valence electrons. The van der Waals surface area contributed by atoms with Gasteiger partial charge in [-0.05, 0) is 43.3 Å². The van der Waals surface area contributed by atoms with E-state index in [4.69, 9.17) is 9.47 Å². The predicted molar refractivity (Wildman–Crippen MR) is 140 cm³/mol. The van der Waals surface area contributed by atoms with Crippen molar-refractivity contribution in [3.05, 3.63) is 78.0 Å². The summed E-state index contributed by atoms with van der Waals surface area (Å²) in [4.78, 5) is 22.2. The highest BCUT2D eigenvalue weighted by Crippen LogP contribution is 2.31. The Bertz CT molecular complexity index is 1170. The lowest BCUT2D eigenvalue weighted by atomic mass is 9.99. The molecule has 3 atom stereocenters. The molecule has 7 nitrogen and oxygen atoms in total. The first-order valence-corrected chi connectivity index (χ1v) is 12.3. The number of nitrogens with zero attached hydrogens (tertiary/aromatic N) is 3. The van der Waals surface area contributed by atoms with Crippen LogP contribution in [0.2, 0.25) is 0 Å². The van der Waals surface area contributed by atoms with E-state index < -0.39 is 0 Å². The Morgan fingerprint density at radius 3 is 2.67 bits per heavy atom. The van der Waals surface area contributed by atoms with Gasteiger partial charge in [-0.2, -0.15) is 0 Å². The number of aliphatic hydroxyl groups excluding tert-OH is 1. The average molecular weight is 490 g/mol. The number of rotatable bonds is 8. The molecule has 4 rings (SSSR count). The molecule has 0 fully saturated rings. The van der Waals surface area contributed by atoms with Gasteiger partial charge in [0.05, 0.1) is 19.8 Å². The Kier molecular flexibility index (Phi) is 8.23. The molecule has 0 aliphatic carbocycles. The van der Waals surface area contributed by atoms with E-state index in [1.807, 2.05) is 55.5 Å². The van der Waals surface area contributed by atoms with Gasteiger partial charge >= 0.3 is 0 Å². The fraction of sp³-hybridized carbons (Fsp3) is 0.379. The van der Waals surface area contributed by atoms with Gasteiger partial charge in [-0.25, -0.2) is 4.98 Å². The van der Waals surface area contributed by atoms with Crippen LogP contribution in [0.4, 0.5) is 0 Å². The molecule has 2 aromatic carbocycles. The molecular formula is C29H35N3O4. The number of ether oxygens (including phenoxy) is 2. The molecule has 0 spiro atoms. The van der Waals surface area contributed by atoms with Crippen LogP contribution in [0.15, 0.2) is 66.9 Å². The van der Waals surface area contributed by atoms with E-state index in [-0.39, 0.29) is 30.6 Å². The lowest BCUT2D eigenvalue weighted by molar-refractivity contribution is 0.0325. The van der Waals surface area contributed by atoms with Gasteiger partial charge in [0.25, 0.3) is 5.91 Å². The lowest BCUT2D eigenvalue weighted by Crippen LogP contribution is -2.49. The van der Waals surface area contributed by atoms with Crippen LogP contribution in [0.3, 0.4) is 0 Å². The zero-order chi connectivity index (χ0) is 25.7. The quantitative estimate of drug-likeness (QED) is 0.513. The summed E-state index contributed by atoms with van der Waals surface area (Å²) in [5.41, 5.74) is 3.32. The molecule has 2 heterocycles. The Hall–Kier alpha value is -3.42. The van der Waals surface area contributed by atoms with Crippen molar-refractivity contribution in [2.75, 3.05) is 33.9 Å². The summed E-state index contributed by atoms with van der Waals surface area (Å²) in [6, 6.07) is 19.5. The predicted octanol–water partition coefficient (Wildman–Crippen LogP) is 4.11. The van der Waals surface area contributed by atoms with E-state index in [9.17, 15) is 9.90 Å². The maximum Gasteiger partial charge on any atom is 0.259 e. The summed E-state index contributed by atoms with van der Waals surface area (Å²) in [5, 5.41) is 9.90. The summed E-state index contributed by atoms with van der Waals surface area (Å²) in [6.45, 7) is 5.77. The van der Waals surface area contributed by atoms with Crippen molar-refractivity contribution in [3.8, 4) is 22.8 Å². The number of hydrogen-bond donors (Lipinski definition) is 1. The number of fused-ring (bicyclic) bond motifs is 1. The highest BCUT2D eigenvalue weighted by molar-refractivity contribution is 5.98.